The van der Waals surface area contributed by atoms with Gasteiger partial charge in [0.05, 0.1) is 0 Å². The lowest BCUT2D eigenvalue weighted by Gasteiger charge is -2.27. The second-order valence-electron chi connectivity index (χ2n) is 6.32. The molecule has 5 heteroatoms. The highest BCUT2D eigenvalue weighted by atomic mass is 16.4. The third kappa shape index (κ3) is 3.98. The van der Waals surface area contributed by atoms with E-state index in [1.54, 1.807) is 0 Å². The van der Waals surface area contributed by atoms with Gasteiger partial charge in [-0.15, -0.1) is 5.10 Å². The van der Waals surface area contributed by atoms with Gasteiger partial charge in [0, 0.05) is 18.0 Å². The standard InChI is InChI=1S/C13H26N4O/c1-9(2)10(17(6)7)8-14-12-16-15-11(18-12)13(3,4)5/h9-10H,8H2,1-7H3,(H,14,16)/t10-/m1/s1. The number of hydrogen-bond acceptors (Lipinski definition) is 5. The molecule has 0 aliphatic carbocycles. The molecule has 5 nitrogen and oxygen atoms in total. The van der Waals surface area contributed by atoms with Gasteiger partial charge in [-0.25, -0.2) is 0 Å². The Kier molecular flexibility index (Phi) is 4.73. The largest absolute Gasteiger partial charge is 0.408 e. The van der Waals surface area contributed by atoms with Crippen molar-refractivity contribution in [1.82, 2.24) is 15.1 Å². The lowest BCUT2D eigenvalue weighted by molar-refractivity contribution is 0.242. The molecular formula is C13H26N4O. The molecule has 0 radical (unpaired) electrons. The Hall–Kier alpha value is -1.10. The SMILES string of the molecule is CC(C)[C@@H](CNc1nnc(C(C)(C)C)o1)N(C)C. The molecule has 0 fully saturated rings. The summed E-state index contributed by atoms with van der Waals surface area (Å²) in [6.45, 7) is 11.4. The predicted molar refractivity (Wildman–Crippen MR) is 73.8 cm³/mol. The zero-order chi connectivity index (χ0) is 13.9. The molecule has 0 unspecified atom stereocenters. The van der Waals surface area contributed by atoms with Crippen molar-refractivity contribution in [3.63, 3.8) is 0 Å². The Morgan fingerprint density at radius 2 is 1.83 bits per heavy atom. The molecule has 0 aromatic carbocycles. The van der Waals surface area contributed by atoms with E-state index in [2.05, 4.69) is 69.1 Å². The molecule has 1 aromatic rings. The number of nitrogens with one attached hydrogen (secondary N) is 1. The summed E-state index contributed by atoms with van der Waals surface area (Å²) in [5.74, 6) is 1.23. The second kappa shape index (κ2) is 5.69. The predicted octanol–water partition coefficient (Wildman–Crippen LogP) is 2.37. The third-order valence-electron chi connectivity index (χ3n) is 2.96. The average Bonchev–Trinajstić information content (AvgIpc) is 2.64. The highest BCUT2D eigenvalue weighted by molar-refractivity contribution is 5.19. The van der Waals surface area contributed by atoms with Crippen LogP contribution >= 0.6 is 0 Å². The van der Waals surface area contributed by atoms with Crippen LogP contribution in [0.1, 0.15) is 40.5 Å². The number of anilines is 1. The van der Waals surface area contributed by atoms with Crippen LogP contribution in [0, 0.1) is 5.92 Å². The molecule has 1 rings (SSSR count). The lowest BCUT2D eigenvalue weighted by atomic mass is 9.97. The normalized spacial score (nSPS) is 14.3. The van der Waals surface area contributed by atoms with Crippen LogP contribution in [-0.4, -0.2) is 41.8 Å². The second-order valence-corrected chi connectivity index (χ2v) is 6.32. The smallest absolute Gasteiger partial charge is 0.315 e. The third-order valence-corrected chi connectivity index (χ3v) is 2.96. The molecule has 0 bridgehead atoms. The first-order valence-corrected chi connectivity index (χ1v) is 6.46. The summed E-state index contributed by atoms with van der Waals surface area (Å²) in [4.78, 5) is 2.21. The van der Waals surface area contributed by atoms with E-state index in [-0.39, 0.29) is 5.41 Å². The van der Waals surface area contributed by atoms with Crippen molar-refractivity contribution >= 4 is 6.01 Å². The minimum absolute atomic E-state index is 0.105. The molecule has 1 atom stereocenters. The van der Waals surface area contributed by atoms with Crippen LogP contribution in [0.4, 0.5) is 6.01 Å². The van der Waals surface area contributed by atoms with E-state index >= 15 is 0 Å². The van der Waals surface area contributed by atoms with Crippen LogP contribution in [-0.2, 0) is 5.41 Å². The molecule has 104 valence electrons. The van der Waals surface area contributed by atoms with E-state index in [9.17, 15) is 0 Å². The van der Waals surface area contributed by atoms with Crippen molar-refractivity contribution in [1.29, 1.82) is 0 Å². The Morgan fingerprint density at radius 3 is 2.22 bits per heavy atom. The summed E-state index contributed by atoms with van der Waals surface area (Å²) in [7, 11) is 4.17. The summed E-state index contributed by atoms with van der Waals surface area (Å²) in [6.07, 6.45) is 0. The molecule has 0 spiro atoms. The molecule has 0 saturated carbocycles. The Balaban J connectivity index is 2.61. The minimum atomic E-state index is -0.105. The van der Waals surface area contributed by atoms with E-state index in [4.69, 9.17) is 4.42 Å². The van der Waals surface area contributed by atoms with Crippen LogP contribution < -0.4 is 5.32 Å². The number of likely N-dealkylation sites (N-methyl/N-ethyl adjacent to an activating group) is 1. The van der Waals surface area contributed by atoms with Gasteiger partial charge in [0.1, 0.15) is 0 Å². The summed E-state index contributed by atoms with van der Waals surface area (Å²) >= 11 is 0. The molecule has 0 saturated heterocycles. The van der Waals surface area contributed by atoms with Crippen molar-refractivity contribution in [2.75, 3.05) is 26.0 Å². The lowest BCUT2D eigenvalue weighted by Crippen LogP contribution is -2.38. The number of hydrogen-bond donors (Lipinski definition) is 1. The average molecular weight is 254 g/mol. The summed E-state index contributed by atoms with van der Waals surface area (Å²) < 4.78 is 5.61. The monoisotopic (exact) mass is 254 g/mol. The van der Waals surface area contributed by atoms with E-state index in [0.29, 0.717) is 23.9 Å². The molecule has 0 aliphatic rings. The van der Waals surface area contributed by atoms with Gasteiger partial charge in [0.15, 0.2) is 0 Å². The number of nitrogens with zero attached hydrogens (tertiary/aromatic N) is 3. The molecule has 1 heterocycles. The fourth-order valence-electron chi connectivity index (χ4n) is 1.80. The molecule has 1 aromatic heterocycles. The van der Waals surface area contributed by atoms with Gasteiger partial charge in [0.2, 0.25) is 5.89 Å². The summed E-state index contributed by atoms with van der Waals surface area (Å²) in [5.41, 5.74) is -0.105. The van der Waals surface area contributed by atoms with Gasteiger partial charge < -0.3 is 14.6 Å². The van der Waals surface area contributed by atoms with Gasteiger partial charge >= 0.3 is 6.01 Å². The topological polar surface area (TPSA) is 54.2 Å². The van der Waals surface area contributed by atoms with E-state index in [1.165, 1.54) is 0 Å². The quantitative estimate of drug-likeness (QED) is 0.874. The first kappa shape index (κ1) is 15.0. The first-order chi connectivity index (χ1) is 8.21. The van der Waals surface area contributed by atoms with Gasteiger partial charge in [-0.2, -0.15) is 0 Å². The molecule has 0 amide bonds. The van der Waals surface area contributed by atoms with Gasteiger partial charge in [-0.1, -0.05) is 39.7 Å². The highest BCUT2D eigenvalue weighted by Gasteiger charge is 2.22. The van der Waals surface area contributed by atoms with Gasteiger partial charge in [0.25, 0.3) is 0 Å². The van der Waals surface area contributed by atoms with Gasteiger partial charge in [-0.05, 0) is 20.0 Å². The maximum Gasteiger partial charge on any atom is 0.315 e. The Bertz CT molecular complexity index is 357. The number of aromatic nitrogens is 2. The molecule has 0 aliphatic heterocycles. The fraction of sp³-hybridized carbons (Fsp3) is 0.846. The van der Waals surface area contributed by atoms with Crippen molar-refractivity contribution < 1.29 is 4.42 Å². The maximum atomic E-state index is 5.61. The van der Waals surface area contributed by atoms with E-state index in [0.717, 1.165) is 6.54 Å². The maximum absolute atomic E-state index is 5.61. The Morgan fingerprint density at radius 1 is 1.22 bits per heavy atom. The first-order valence-electron chi connectivity index (χ1n) is 6.46. The van der Waals surface area contributed by atoms with Crippen molar-refractivity contribution in [3.8, 4) is 0 Å². The minimum Gasteiger partial charge on any atom is -0.408 e. The summed E-state index contributed by atoms with van der Waals surface area (Å²) in [6, 6.07) is 0.947. The zero-order valence-electron chi connectivity index (χ0n) is 12.6. The van der Waals surface area contributed by atoms with E-state index < -0.39 is 0 Å². The van der Waals surface area contributed by atoms with Crippen molar-refractivity contribution in [2.24, 2.45) is 5.92 Å². The zero-order valence-corrected chi connectivity index (χ0v) is 12.6. The van der Waals surface area contributed by atoms with Crippen LogP contribution in [0.5, 0.6) is 0 Å². The molecule has 18 heavy (non-hydrogen) atoms. The Labute approximate surface area is 110 Å². The van der Waals surface area contributed by atoms with Gasteiger partial charge in [-0.3, -0.25) is 0 Å². The van der Waals surface area contributed by atoms with Crippen LogP contribution in [0.25, 0.3) is 0 Å². The molecule has 1 N–H and O–H groups in total. The van der Waals surface area contributed by atoms with E-state index in [1.807, 2.05) is 0 Å². The van der Waals surface area contributed by atoms with Crippen LogP contribution in [0.2, 0.25) is 0 Å². The fourth-order valence-corrected chi connectivity index (χ4v) is 1.80. The molecular weight excluding hydrogens is 228 g/mol. The highest BCUT2D eigenvalue weighted by Crippen LogP contribution is 2.22. The van der Waals surface area contributed by atoms with Crippen molar-refractivity contribution in [3.05, 3.63) is 5.89 Å². The number of rotatable bonds is 5. The van der Waals surface area contributed by atoms with Crippen LogP contribution in [0.3, 0.4) is 0 Å². The van der Waals surface area contributed by atoms with Crippen LogP contribution in [0.15, 0.2) is 4.42 Å². The summed E-state index contributed by atoms with van der Waals surface area (Å²) in [5, 5.41) is 11.3. The van der Waals surface area contributed by atoms with Crippen molar-refractivity contribution in [2.45, 2.75) is 46.1 Å².